The lowest BCUT2D eigenvalue weighted by molar-refractivity contribution is -0.159. The van der Waals surface area contributed by atoms with Crippen molar-refractivity contribution < 1.29 is 29.3 Å². The van der Waals surface area contributed by atoms with Crippen molar-refractivity contribution in [1.29, 1.82) is 0 Å². The van der Waals surface area contributed by atoms with E-state index in [0.29, 0.717) is 12.8 Å². The van der Waals surface area contributed by atoms with E-state index in [1.54, 1.807) is 0 Å². The molecule has 0 fully saturated rings. The second-order valence-corrected chi connectivity index (χ2v) is 16.0. The first kappa shape index (κ1) is 49.9. The SMILES string of the molecule is CCCCCCCCCCCCCCCCCCCCCC(=O)OCC(CO)(CO)COC(=O)CCCCCCCCCCCCCCCCC. The summed E-state index contributed by atoms with van der Waals surface area (Å²) < 4.78 is 10.8. The molecule has 6 heteroatoms. The van der Waals surface area contributed by atoms with Crippen molar-refractivity contribution in [2.45, 2.75) is 245 Å². The Hall–Kier alpha value is -1.14. The summed E-state index contributed by atoms with van der Waals surface area (Å²) in [4.78, 5) is 24.6. The fourth-order valence-electron chi connectivity index (χ4n) is 6.87. The quantitative estimate of drug-likeness (QED) is 0.0481. The van der Waals surface area contributed by atoms with Gasteiger partial charge >= 0.3 is 11.9 Å². The van der Waals surface area contributed by atoms with Crippen molar-refractivity contribution in [2.75, 3.05) is 26.4 Å². The summed E-state index contributed by atoms with van der Waals surface area (Å²) in [6.07, 6.45) is 44.7. The first-order valence-electron chi connectivity index (χ1n) is 22.6. The van der Waals surface area contributed by atoms with Crippen molar-refractivity contribution >= 4 is 11.9 Å². The number of aliphatic hydroxyl groups excluding tert-OH is 2. The van der Waals surface area contributed by atoms with E-state index in [1.165, 1.54) is 180 Å². The number of rotatable bonds is 42. The third-order valence-corrected chi connectivity index (χ3v) is 10.7. The molecule has 0 spiro atoms. The maximum Gasteiger partial charge on any atom is 0.305 e. The highest BCUT2D eigenvalue weighted by Gasteiger charge is 2.33. The van der Waals surface area contributed by atoms with Gasteiger partial charge in [0.15, 0.2) is 0 Å². The second kappa shape index (κ2) is 40.1. The molecule has 0 heterocycles. The molecule has 0 aliphatic rings. The number of hydrogen-bond acceptors (Lipinski definition) is 6. The lowest BCUT2D eigenvalue weighted by atomic mass is 9.92. The molecule has 0 radical (unpaired) electrons. The van der Waals surface area contributed by atoms with Gasteiger partial charge < -0.3 is 19.7 Å². The molecule has 0 aromatic carbocycles. The summed E-state index contributed by atoms with van der Waals surface area (Å²) in [5, 5.41) is 19.8. The molecule has 0 saturated carbocycles. The van der Waals surface area contributed by atoms with Crippen LogP contribution >= 0.6 is 0 Å². The summed E-state index contributed by atoms with van der Waals surface area (Å²) >= 11 is 0. The topological polar surface area (TPSA) is 93.1 Å². The van der Waals surface area contributed by atoms with Crippen molar-refractivity contribution in [2.24, 2.45) is 5.41 Å². The third-order valence-electron chi connectivity index (χ3n) is 10.7. The number of unbranched alkanes of at least 4 members (excludes halogenated alkanes) is 32. The number of carbonyl (C=O) groups is 2. The average Bonchev–Trinajstić information content (AvgIpc) is 3.14. The molecule has 0 bridgehead atoms. The third kappa shape index (κ3) is 35.6. The van der Waals surface area contributed by atoms with E-state index < -0.39 is 18.6 Å². The van der Waals surface area contributed by atoms with E-state index in [0.717, 1.165) is 38.5 Å². The summed E-state index contributed by atoms with van der Waals surface area (Å²) in [5.74, 6) is -0.645. The molecular formula is C45H88O6. The summed E-state index contributed by atoms with van der Waals surface area (Å²) in [5.41, 5.74) is -1.16. The van der Waals surface area contributed by atoms with E-state index in [1.807, 2.05) is 0 Å². The highest BCUT2D eigenvalue weighted by Crippen LogP contribution is 2.20. The van der Waals surface area contributed by atoms with E-state index >= 15 is 0 Å². The molecule has 0 aromatic rings. The maximum absolute atomic E-state index is 12.3. The Bertz CT molecular complexity index is 721. The lowest BCUT2D eigenvalue weighted by Crippen LogP contribution is -2.41. The highest BCUT2D eigenvalue weighted by molar-refractivity contribution is 5.69. The van der Waals surface area contributed by atoms with Crippen molar-refractivity contribution in [3.05, 3.63) is 0 Å². The van der Waals surface area contributed by atoms with Crippen LogP contribution in [0.2, 0.25) is 0 Å². The lowest BCUT2D eigenvalue weighted by Gasteiger charge is -2.28. The van der Waals surface area contributed by atoms with Gasteiger partial charge in [-0.3, -0.25) is 9.59 Å². The molecule has 0 atom stereocenters. The molecule has 6 nitrogen and oxygen atoms in total. The van der Waals surface area contributed by atoms with E-state index in [9.17, 15) is 19.8 Å². The van der Waals surface area contributed by atoms with Crippen LogP contribution in [0, 0.1) is 5.41 Å². The van der Waals surface area contributed by atoms with Crippen LogP contribution in [0.5, 0.6) is 0 Å². The Balaban J connectivity index is 3.67. The normalized spacial score (nSPS) is 11.7. The van der Waals surface area contributed by atoms with Crippen molar-refractivity contribution in [3.63, 3.8) is 0 Å². The molecule has 51 heavy (non-hydrogen) atoms. The second-order valence-electron chi connectivity index (χ2n) is 16.0. The molecule has 0 unspecified atom stereocenters. The van der Waals surface area contributed by atoms with E-state index in [2.05, 4.69) is 13.8 Å². The van der Waals surface area contributed by atoms with Gasteiger partial charge in [-0.1, -0.05) is 219 Å². The van der Waals surface area contributed by atoms with Gasteiger partial charge in [-0.05, 0) is 12.8 Å². The number of ether oxygens (including phenoxy) is 2. The van der Waals surface area contributed by atoms with Crippen LogP contribution in [0.4, 0.5) is 0 Å². The predicted molar refractivity (Wildman–Crippen MR) is 216 cm³/mol. The molecule has 0 aliphatic carbocycles. The average molecular weight is 725 g/mol. The van der Waals surface area contributed by atoms with Crippen molar-refractivity contribution in [3.8, 4) is 0 Å². The highest BCUT2D eigenvalue weighted by atomic mass is 16.5. The van der Waals surface area contributed by atoms with Crippen LogP contribution in [0.15, 0.2) is 0 Å². The van der Waals surface area contributed by atoms with Crippen LogP contribution in [-0.4, -0.2) is 48.6 Å². The molecule has 0 aromatic heterocycles. The first-order chi connectivity index (χ1) is 25.0. The molecule has 0 saturated heterocycles. The number of hydrogen-bond donors (Lipinski definition) is 2. The predicted octanol–water partition coefficient (Wildman–Crippen LogP) is 13.1. The Kier molecular flexibility index (Phi) is 39.2. The molecule has 2 N–H and O–H groups in total. The molecule has 0 aliphatic heterocycles. The van der Waals surface area contributed by atoms with Gasteiger partial charge in [-0.2, -0.15) is 0 Å². The maximum atomic E-state index is 12.3. The van der Waals surface area contributed by atoms with Gasteiger partial charge in [0.05, 0.1) is 18.6 Å². The van der Waals surface area contributed by atoms with Gasteiger partial charge in [-0.15, -0.1) is 0 Å². The summed E-state index contributed by atoms with van der Waals surface area (Å²) in [6, 6.07) is 0. The fourth-order valence-corrected chi connectivity index (χ4v) is 6.87. The molecule has 0 amide bonds. The zero-order valence-corrected chi connectivity index (χ0v) is 34.3. The molecule has 0 rings (SSSR count). The van der Waals surface area contributed by atoms with Gasteiger partial charge in [0, 0.05) is 12.8 Å². The van der Waals surface area contributed by atoms with Gasteiger partial charge in [0.2, 0.25) is 0 Å². The monoisotopic (exact) mass is 725 g/mol. The van der Waals surface area contributed by atoms with Crippen LogP contribution in [0.25, 0.3) is 0 Å². The number of carbonyl (C=O) groups excluding carboxylic acids is 2. The zero-order valence-electron chi connectivity index (χ0n) is 34.3. The van der Waals surface area contributed by atoms with Gasteiger partial charge in [0.1, 0.15) is 13.2 Å². The Morgan fingerprint density at radius 1 is 0.353 bits per heavy atom. The minimum absolute atomic E-state index is 0.149. The van der Waals surface area contributed by atoms with Crippen LogP contribution in [0.3, 0.4) is 0 Å². The Labute approximate surface area is 317 Å². The standard InChI is InChI=1S/C45H88O6/c1-3-5-7-9-11-13-15-17-19-20-21-22-24-26-28-30-32-34-36-38-44(49)51-42-45(39-46,40-47)41-50-43(48)37-35-33-31-29-27-25-23-18-16-14-12-10-8-6-4-2/h46-47H,3-42H2,1-2H3. The zero-order chi connectivity index (χ0) is 37.4. The smallest absolute Gasteiger partial charge is 0.305 e. The first-order valence-corrected chi connectivity index (χ1v) is 22.6. The van der Waals surface area contributed by atoms with E-state index in [4.69, 9.17) is 9.47 Å². The number of aliphatic hydroxyl groups is 2. The summed E-state index contributed by atoms with van der Waals surface area (Å²) in [7, 11) is 0. The van der Waals surface area contributed by atoms with Crippen LogP contribution < -0.4 is 0 Å². The van der Waals surface area contributed by atoms with Crippen LogP contribution in [-0.2, 0) is 19.1 Å². The fraction of sp³-hybridized carbons (Fsp3) is 0.956. The number of esters is 2. The molecular weight excluding hydrogens is 636 g/mol. The van der Waals surface area contributed by atoms with Crippen LogP contribution in [0.1, 0.15) is 245 Å². The van der Waals surface area contributed by atoms with Gasteiger partial charge in [0.25, 0.3) is 0 Å². The summed E-state index contributed by atoms with van der Waals surface area (Å²) in [6.45, 7) is 3.42. The van der Waals surface area contributed by atoms with Crippen molar-refractivity contribution in [1.82, 2.24) is 0 Å². The minimum atomic E-state index is -1.16. The molecule has 304 valence electrons. The Morgan fingerprint density at radius 3 is 0.745 bits per heavy atom. The Morgan fingerprint density at radius 2 is 0.549 bits per heavy atom. The van der Waals surface area contributed by atoms with Gasteiger partial charge in [-0.25, -0.2) is 0 Å². The van der Waals surface area contributed by atoms with E-state index in [-0.39, 0.29) is 25.2 Å². The minimum Gasteiger partial charge on any atom is -0.465 e. The largest absolute Gasteiger partial charge is 0.465 e.